The van der Waals surface area contributed by atoms with Crippen LogP contribution in [0.4, 0.5) is 0 Å². The number of hydrogen-bond donors (Lipinski definition) is 0. The molecule has 0 bridgehead atoms. The maximum atomic E-state index is 11.9. The third kappa shape index (κ3) is 2.73. The van der Waals surface area contributed by atoms with E-state index in [1.165, 1.54) is 0 Å². The van der Waals surface area contributed by atoms with Gasteiger partial charge in [-0.25, -0.2) is 9.79 Å². The van der Waals surface area contributed by atoms with Crippen LogP contribution in [0.2, 0.25) is 0 Å². The Labute approximate surface area is 126 Å². The highest BCUT2D eigenvalue weighted by Gasteiger charge is 2.24. The van der Waals surface area contributed by atoms with Crippen molar-refractivity contribution in [3.05, 3.63) is 57.4 Å². The van der Waals surface area contributed by atoms with Crippen LogP contribution in [-0.2, 0) is 9.53 Å². The molecule has 0 atom stereocenters. The lowest BCUT2D eigenvalue weighted by Gasteiger charge is -2.01. The van der Waals surface area contributed by atoms with E-state index in [0.717, 1.165) is 21.8 Å². The molecule has 3 rings (SSSR count). The van der Waals surface area contributed by atoms with Crippen molar-refractivity contribution in [2.75, 3.05) is 7.11 Å². The van der Waals surface area contributed by atoms with Crippen molar-refractivity contribution in [2.45, 2.75) is 6.92 Å². The summed E-state index contributed by atoms with van der Waals surface area (Å²) in [6.45, 7) is 2.00. The van der Waals surface area contributed by atoms with E-state index in [0.29, 0.717) is 11.6 Å². The van der Waals surface area contributed by atoms with Gasteiger partial charge in [-0.15, -0.1) is 11.3 Å². The predicted molar refractivity (Wildman–Crippen MR) is 82.7 cm³/mol. The van der Waals surface area contributed by atoms with Crippen molar-refractivity contribution in [1.82, 2.24) is 0 Å². The highest BCUT2D eigenvalue weighted by atomic mass is 32.1. The van der Waals surface area contributed by atoms with E-state index in [9.17, 15) is 4.79 Å². The second kappa shape index (κ2) is 5.54. The lowest BCUT2D eigenvalue weighted by atomic mass is 10.2. The van der Waals surface area contributed by atoms with Gasteiger partial charge in [-0.1, -0.05) is 0 Å². The monoisotopic (exact) mass is 299 g/mol. The molecule has 2 aromatic rings. The number of rotatable bonds is 3. The molecule has 1 aromatic carbocycles. The van der Waals surface area contributed by atoms with Crippen LogP contribution in [0.25, 0.3) is 6.08 Å². The minimum Gasteiger partial charge on any atom is -0.497 e. The Balaban J connectivity index is 1.91. The molecule has 0 N–H and O–H groups in total. The number of nitrogens with zero attached hydrogens (tertiary/aromatic N) is 1. The molecule has 0 amide bonds. The molecule has 1 aromatic heterocycles. The van der Waals surface area contributed by atoms with E-state index >= 15 is 0 Å². The van der Waals surface area contributed by atoms with Gasteiger partial charge in [-0.3, -0.25) is 0 Å². The van der Waals surface area contributed by atoms with E-state index in [1.54, 1.807) is 36.7 Å². The standard InChI is InChI=1S/C16H13NO3S/c1-10-7-8-21-14(10)9-13-16(18)20-15(17-13)11-3-5-12(19-2)6-4-11/h3-9H,1-2H3/b13-9+. The molecule has 4 nitrogen and oxygen atoms in total. The van der Waals surface area contributed by atoms with Gasteiger partial charge in [0.2, 0.25) is 5.90 Å². The summed E-state index contributed by atoms with van der Waals surface area (Å²) in [6, 6.07) is 9.23. The van der Waals surface area contributed by atoms with Gasteiger partial charge in [0.15, 0.2) is 5.70 Å². The Hall–Kier alpha value is -2.40. The predicted octanol–water partition coefficient (Wildman–Crippen LogP) is 3.41. The zero-order valence-electron chi connectivity index (χ0n) is 11.6. The Morgan fingerprint density at radius 2 is 2.00 bits per heavy atom. The molecular weight excluding hydrogens is 286 g/mol. The van der Waals surface area contributed by atoms with Crippen LogP contribution in [0, 0.1) is 6.92 Å². The number of hydrogen-bond acceptors (Lipinski definition) is 5. The quantitative estimate of drug-likeness (QED) is 0.644. The Kier molecular flexibility index (Phi) is 3.58. The minimum absolute atomic E-state index is 0.322. The molecule has 1 aliphatic heterocycles. The van der Waals surface area contributed by atoms with Crippen LogP contribution < -0.4 is 4.74 Å². The first-order valence-electron chi connectivity index (χ1n) is 6.38. The van der Waals surface area contributed by atoms with Crippen LogP contribution in [0.15, 0.2) is 46.4 Å². The first-order valence-corrected chi connectivity index (χ1v) is 7.26. The molecule has 0 spiro atoms. The maximum absolute atomic E-state index is 11.9. The van der Waals surface area contributed by atoms with E-state index in [4.69, 9.17) is 9.47 Å². The SMILES string of the molecule is COc1ccc(C2=N/C(=C/c3sccc3C)C(=O)O2)cc1. The summed E-state index contributed by atoms with van der Waals surface area (Å²) in [7, 11) is 1.60. The Bertz CT molecular complexity index is 741. The lowest BCUT2D eigenvalue weighted by molar-refractivity contribution is -0.129. The van der Waals surface area contributed by atoms with E-state index in [-0.39, 0.29) is 0 Å². The van der Waals surface area contributed by atoms with Gasteiger partial charge < -0.3 is 9.47 Å². The lowest BCUT2D eigenvalue weighted by Crippen LogP contribution is -2.05. The van der Waals surface area contributed by atoms with Crippen molar-refractivity contribution >= 4 is 29.3 Å². The third-order valence-corrected chi connectivity index (χ3v) is 4.09. The highest BCUT2D eigenvalue weighted by Crippen LogP contribution is 2.24. The second-order valence-corrected chi connectivity index (χ2v) is 5.48. The molecular formula is C16H13NO3S. The Morgan fingerprint density at radius 3 is 2.62 bits per heavy atom. The molecule has 1 aliphatic rings. The number of benzene rings is 1. The van der Waals surface area contributed by atoms with E-state index in [1.807, 2.05) is 30.5 Å². The first kappa shape index (κ1) is 13.6. The van der Waals surface area contributed by atoms with Gasteiger partial charge in [0.05, 0.1) is 7.11 Å². The average Bonchev–Trinajstić information content (AvgIpc) is 3.07. The molecule has 0 saturated heterocycles. The number of aryl methyl sites for hydroxylation is 1. The van der Waals surface area contributed by atoms with Crippen molar-refractivity contribution in [2.24, 2.45) is 4.99 Å². The number of methoxy groups -OCH3 is 1. The molecule has 0 fully saturated rings. The van der Waals surface area contributed by atoms with E-state index < -0.39 is 5.97 Å². The zero-order valence-corrected chi connectivity index (χ0v) is 12.4. The van der Waals surface area contributed by atoms with Crippen LogP contribution in [-0.4, -0.2) is 19.0 Å². The number of cyclic esters (lactones) is 1. The molecule has 2 heterocycles. The molecule has 0 radical (unpaired) electrons. The van der Waals surface area contributed by atoms with Crippen LogP contribution >= 0.6 is 11.3 Å². The summed E-state index contributed by atoms with van der Waals surface area (Å²) in [5.74, 6) is 0.644. The largest absolute Gasteiger partial charge is 0.497 e. The van der Waals surface area contributed by atoms with Gasteiger partial charge >= 0.3 is 5.97 Å². The number of esters is 1. The summed E-state index contributed by atoms with van der Waals surface area (Å²) >= 11 is 1.57. The zero-order chi connectivity index (χ0) is 14.8. The van der Waals surface area contributed by atoms with Gasteiger partial charge in [0, 0.05) is 10.4 Å². The van der Waals surface area contributed by atoms with Crippen molar-refractivity contribution in [3.8, 4) is 5.75 Å². The second-order valence-electron chi connectivity index (χ2n) is 4.53. The summed E-state index contributed by atoms with van der Waals surface area (Å²) < 4.78 is 10.3. The fraction of sp³-hybridized carbons (Fsp3) is 0.125. The fourth-order valence-electron chi connectivity index (χ4n) is 1.92. The van der Waals surface area contributed by atoms with Crippen molar-refractivity contribution in [3.63, 3.8) is 0 Å². The van der Waals surface area contributed by atoms with Gasteiger partial charge in [-0.05, 0) is 54.3 Å². The number of ether oxygens (including phenoxy) is 2. The normalized spacial score (nSPS) is 16.0. The molecule has 21 heavy (non-hydrogen) atoms. The summed E-state index contributed by atoms with van der Waals surface area (Å²) in [5.41, 5.74) is 2.19. The number of carbonyl (C=O) groups excluding carboxylic acids is 1. The molecule has 0 aliphatic carbocycles. The number of aliphatic imine (C=N–C) groups is 1. The summed E-state index contributed by atoms with van der Waals surface area (Å²) in [5, 5.41) is 1.98. The van der Waals surface area contributed by atoms with Crippen LogP contribution in [0.5, 0.6) is 5.75 Å². The van der Waals surface area contributed by atoms with E-state index in [2.05, 4.69) is 4.99 Å². The van der Waals surface area contributed by atoms with Gasteiger partial charge in [0.25, 0.3) is 0 Å². The number of carbonyl (C=O) groups is 1. The average molecular weight is 299 g/mol. The molecule has 5 heteroatoms. The summed E-state index contributed by atoms with van der Waals surface area (Å²) in [6.07, 6.45) is 1.76. The number of thiophene rings is 1. The Morgan fingerprint density at radius 1 is 1.24 bits per heavy atom. The van der Waals surface area contributed by atoms with Crippen molar-refractivity contribution in [1.29, 1.82) is 0 Å². The fourth-order valence-corrected chi connectivity index (χ4v) is 2.78. The van der Waals surface area contributed by atoms with Crippen LogP contribution in [0.1, 0.15) is 16.0 Å². The third-order valence-electron chi connectivity index (χ3n) is 3.13. The molecule has 106 valence electrons. The van der Waals surface area contributed by atoms with Gasteiger partial charge in [-0.2, -0.15) is 0 Å². The maximum Gasteiger partial charge on any atom is 0.363 e. The molecule has 0 saturated carbocycles. The van der Waals surface area contributed by atoms with Crippen molar-refractivity contribution < 1.29 is 14.3 Å². The summed E-state index contributed by atoms with van der Waals surface area (Å²) in [4.78, 5) is 17.2. The van der Waals surface area contributed by atoms with Crippen LogP contribution in [0.3, 0.4) is 0 Å². The smallest absolute Gasteiger partial charge is 0.363 e. The minimum atomic E-state index is -0.423. The first-order chi connectivity index (χ1) is 10.2. The topological polar surface area (TPSA) is 47.9 Å². The molecule has 0 unspecified atom stereocenters. The van der Waals surface area contributed by atoms with Gasteiger partial charge in [0.1, 0.15) is 5.75 Å². The highest BCUT2D eigenvalue weighted by molar-refractivity contribution is 7.11.